The summed E-state index contributed by atoms with van der Waals surface area (Å²) < 4.78 is 0. The number of benzene rings is 1. The summed E-state index contributed by atoms with van der Waals surface area (Å²) in [6.07, 6.45) is 0. The van der Waals surface area contributed by atoms with E-state index >= 15 is 0 Å². The van der Waals surface area contributed by atoms with E-state index in [-0.39, 0.29) is 11.4 Å². The van der Waals surface area contributed by atoms with E-state index in [2.05, 4.69) is 5.32 Å². The lowest BCUT2D eigenvalue weighted by Gasteiger charge is -2.17. The summed E-state index contributed by atoms with van der Waals surface area (Å²) in [5.74, 6) is 1.24. The molecule has 0 radical (unpaired) electrons. The minimum absolute atomic E-state index is 0.0259. The molecule has 0 fully saturated rings. The van der Waals surface area contributed by atoms with E-state index in [4.69, 9.17) is 5.73 Å². The van der Waals surface area contributed by atoms with Crippen molar-refractivity contribution in [2.24, 2.45) is 5.73 Å². The van der Waals surface area contributed by atoms with Crippen LogP contribution in [0.1, 0.15) is 25.0 Å². The van der Waals surface area contributed by atoms with Crippen molar-refractivity contribution in [3.05, 3.63) is 29.3 Å². The Bertz CT molecular complexity index is 424. The molecule has 4 heteroatoms. The molecule has 0 saturated heterocycles. The molecule has 0 heterocycles. The van der Waals surface area contributed by atoms with Crippen LogP contribution in [0.2, 0.25) is 0 Å². The molecule has 3 N–H and O–H groups in total. The van der Waals surface area contributed by atoms with Gasteiger partial charge in [-0.1, -0.05) is 12.1 Å². The number of carbonyl (C=O) groups is 1. The van der Waals surface area contributed by atoms with Crippen LogP contribution in [-0.4, -0.2) is 23.0 Å². The molecule has 0 spiro atoms. The summed E-state index contributed by atoms with van der Waals surface area (Å²) in [6.45, 7) is 7.93. The van der Waals surface area contributed by atoms with Crippen molar-refractivity contribution < 1.29 is 4.79 Å². The smallest absolute Gasteiger partial charge is 0.234 e. The first-order chi connectivity index (χ1) is 8.28. The van der Waals surface area contributed by atoms with Gasteiger partial charge in [-0.3, -0.25) is 4.79 Å². The van der Waals surface area contributed by atoms with Crippen LogP contribution in [0.25, 0.3) is 0 Å². The average Bonchev–Trinajstić information content (AvgIpc) is 2.21. The molecular weight excluding hydrogens is 244 g/mol. The maximum Gasteiger partial charge on any atom is 0.234 e. The summed E-state index contributed by atoms with van der Waals surface area (Å²) in [5, 5.41) is 2.94. The van der Waals surface area contributed by atoms with Crippen LogP contribution in [0.15, 0.2) is 18.2 Å². The number of carbonyl (C=O) groups excluding carboxylic acids is 1. The Labute approximate surface area is 114 Å². The highest BCUT2D eigenvalue weighted by Gasteiger charge is 2.12. The molecule has 0 bridgehead atoms. The summed E-state index contributed by atoms with van der Waals surface area (Å²) in [6, 6.07) is 6.04. The van der Waals surface area contributed by atoms with Gasteiger partial charge in [-0.2, -0.15) is 11.8 Å². The Morgan fingerprint density at radius 3 is 2.67 bits per heavy atom. The van der Waals surface area contributed by atoms with Crippen LogP contribution in [0.3, 0.4) is 0 Å². The molecule has 3 nitrogen and oxygen atoms in total. The van der Waals surface area contributed by atoms with Crippen molar-refractivity contribution in [2.45, 2.75) is 33.2 Å². The van der Waals surface area contributed by atoms with Gasteiger partial charge >= 0.3 is 0 Å². The van der Waals surface area contributed by atoms with Crippen molar-refractivity contribution in [2.75, 3.05) is 16.8 Å². The molecule has 0 saturated carbocycles. The largest absolute Gasteiger partial charge is 0.325 e. The molecule has 18 heavy (non-hydrogen) atoms. The third-order valence-corrected chi connectivity index (χ3v) is 3.79. The summed E-state index contributed by atoms with van der Waals surface area (Å²) >= 11 is 1.56. The zero-order valence-electron chi connectivity index (χ0n) is 11.5. The van der Waals surface area contributed by atoms with Crippen LogP contribution in [-0.2, 0) is 4.79 Å². The van der Waals surface area contributed by atoms with E-state index in [1.54, 1.807) is 11.8 Å². The maximum absolute atomic E-state index is 11.8. The van der Waals surface area contributed by atoms with Gasteiger partial charge in [0.1, 0.15) is 0 Å². The fourth-order valence-corrected chi connectivity index (χ4v) is 2.35. The fourth-order valence-electron chi connectivity index (χ4n) is 1.46. The van der Waals surface area contributed by atoms with Gasteiger partial charge < -0.3 is 11.1 Å². The van der Waals surface area contributed by atoms with E-state index in [1.165, 1.54) is 0 Å². The zero-order chi connectivity index (χ0) is 13.8. The van der Waals surface area contributed by atoms with Crippen LogP contribution >= 0.6 is 11.8 Å². The standard InChI is InChI=1S/C14H22N2OS/c1-10-5-6-11(2)12(7-10)16-13(17)8-18-9-14(3,4)15/h5-7H,8-9,15H2,1-4H3,(H,16,17). The molecule has 1 aromatic rings. The number of hydrogen-bond donors (Lipinski definition) is 2. The molecule has 0 aliphatic rings. The van der Waals surface area contributed by atoms with Crippen molar-refractivity contribution in [3.8, 4) is 0 Å². The normalized spacial score (nSPS) is 11.4. The molecule has 100 valence electrons. The minimum atomic E-state index is -0.232. The molecule has 0 unspecified atom stereocenters. The Morgan fingerprint density at radius 2 is 2.06 bits per heavy atom. The van der Waals surface area contributed by atoms with Crippen LogP contribution in [0.5, 0.6) is 0 Å². The maximum atomic E-state index is 11.8. The second-order valence-electron chi connectivity index (χ2n) is 5.35. The second-order valence-corrected chi connectivity index (χ2v) is 6.33. The molecule has 0 atom stereocenters. The Kier molecular flexibility index (Phi) is 5.23. The zero-order valence-corrected chi connectivity index (χ0v) is 12.4. The number of nitrogens with two attached hydrogens (primary N) is 1. The highest BCUT2D eigenvalue weighted by molar-refractivity contribution is 8.00. The monoisotopic (exact) mass is 266 g/mol. The first kappa shape index (κ1) is 15.1. The van der Waals surface area contributed by atoms with Crippen molar-refractivity contribution in [1.82, 2.24) is 0 Å². The number of rotatable bonds is 5. The van der Waals surface area contributed by atoms with Gasteiger partial charge in [0, 0.05) is 17.0 Å². The third-order valence-electron chi connectivity index (χ3n) is 2.37. The van der Waals surface area contributed by atoms with Gasteiger partial charge in [0.05, 0.1) is 5.75 Å². The van der Waals surface area contributed by atoms with E-state index in [1.807, 2.05) is 45.9 Å². The number of thioether (sulfide) groups is 1. The molecule has 0 aliphatic heterocycles. The highest BCUT2D eigenvalue weighted by Crippen LogP contribution is 2.17. The van der Waals surface area contributed by atoms with Gasteiger partial charge in [-0.15, -0.1) is 0 Å². The minimum Gasteiger partial charge on any atom is -0.325 e. The molecule has 0 aromatic heterocycles. The highest BCUT2D eigenvalue weighted by atomic mass is 32.2. The van der Waals surface area contributed by atoms with Gasteiger partial charge in [-0.25, -0.2) is 0 Å². The molecule has 1 rings (SSSR count). The summed E-state index contributed by atoms with van der Waals surface area (Å²) in [5.41, 5.74) is 8.76. The topological polar surface area (TPSA) is 55.1 Å². The van der Waals surface area contributed by atoms with Crippen molar-refractivity contribution in [1.29, 1.82) is 0 Å². The van der Waals surface area contributed by atoms with Gasteiger partial charge in [-0.05, 0) is 44.9 Å². The van der Waals surface area contributed by atoms with E-state index in [0.717, 1.165) is 22.6 Å². The predicted molar refractivity (Wildman–Crippen MR) is 80.1 cm³/mol. The van der Waals surface area contributed by atoms with Crippen LogP contribution in [0.4, 0.5) is 5.69 Å². The van der Waals surface area contributed by atoms with E-state index < -0.39 is 0 Å². The second kappa shape index (κ2) is 6.25. The lowest BCUT2D eigenvalue weighted by Crippen LogP contribution is -2.35. The summed E-state index contributed by atoms with van der Waals surface area (Å²) in [4.78, 5) is 11.8. The predicted octanol–water partition coefficient (Wildman–Crippen LogP) is 2.71. The van der Waals surface area contributed by atoms with Gasteiger partial charge in [0.2, 0.25) is 5.91 Å². The average molecular weight is 266 g/mol. The third kappa shape index (κ3) is 5.56. The Balaban J connectivity index is 2.47. The Morgan fingerprint density at radius 1 is 1.39 bits per heavy atom. The van der Waals surface area contributed by atoms with Gasteiger partial charge in [0.25, 0.3) is 0 Å². The molecular formula is C14H22N2OS. The molecule has 1 aromatic carbocycles. The number of anilines is 1. The number of hydrogen-bond acceptors (Lipinski definition) is 3. The number of nitrogens with one attached hydrogen (secondary N) is 1. The molecule has 1 amide bonds. The first-order valence-corrected chi connectivity index (χ1v) is 7.17. The first-order valence-electron chi connectivity index (χ1n) is 6.02. The number of amides is 1. The van der Waals surface area contributed by atoms with E-state index in [0.29, 0.717) is 5.75 Å². The Hall–Kier alpha value is -1.00. The fraction of sp³-hybridized carbons (Fsp3) is 0.500. The van der Waals surface area contributed by atoms with Gasteiger partial charge in [0.15, 0.2) is 0 Å². The van der Waals surface area contributed by atoms with Crippen LogP contribution < -0.4 is 11.1 Å². The van der Waals surface area contributed by atoms with Crippen molar-refractivity contribution in [3.63, 3.8) is 0 Å². The van der Waals surface area contributed by atoms with Crippen molar-refractivity contribution >= 4 is 23.4 Å². The SMILES string of the molecule is Cc1ccc(C)c(NC(=O)CSCC(C)(C)N)c1. The van der Waals surface area contributed by atoms with Crippen LogP contribution in [0, 0.1) is 13.8 Å². The number of aryl methyl sites for hydroxylation is 2. The summed E-state index contributed by atoms with van der Waals surface area (Å²) in [7, 11) is 0. The van der Waals surface area contributed by atoms with E-state index in [9.17, 15) is 4.79 Å². The quantitative estimate of drug-likeness (QED) is 0.861. The molecule has 0 aliphatic carbocycles. The lowest BCUT2D eigenvalue weighted by atomic mass is 10.1. The lowest BCUT2D eigenvalue weighted by molar-refractivity contribution is -0.113.